The fourth-order valence-corrected chi connectivity index (χ4v) is 4.55. The molecule has 0 aromatic rings. The van der Waals surface area contributed by atoms with Crippen molar-refractivity contribution in [2.45, 2.75) is 87.6 Å². The molecule has 1 saturated heterocycles. The third-order valence-electron chi connectivity index (χ3n) is 5.94. The van der Waals surface area contributed by atoms with E-state index in [0.29, 0.717) is 43.8 Å². The molecule has 2 aliphatic carbocycles. The highest BCUT2D eigenvalue weighted by atomic mass is 17.0. The van der Waals surface area contributed by atoms with E-state index in [1.165, 1.54) is 0 Å². The molecule has 0 N–H and O–H groups in total. The Hall–Kier alpha value is -1.92. The second-order valence-electron chi connectivity index (χ2n) is 7.88. The Morgan fingerprint density at radius 2 is 1.37 bits per heavy atom. The van der Waals surface area contributed by atoms with Crippen LogP contribution in [0.15, 0.2) is 0 Å². The molecule has 3 rings (SSSR count). The van der Waals surface area contributed by atoms with Crippen LogP contribution in [0.1, 0.15) is 70.6 Å². The van der Waals surface area contributed by atoms with Crippen molar-refractivity contribution in [3.63, 3.8) is 0 Å². The Morgan fingerprint density at radius 3 is 1.85 bits per heavy atom. The van der Waals surface area contributed by atoms with Crippen LogP contribution in [0, 0.1) is 30.3 Å². The van der Waals surface area contributed by atoms with Crippen LogP contribution in [-0.4, -0.2) is 43.5 Å². The van der Waals surface area contributed by atoms with Gasteiger partial charge in [-0.25, -0.2) is 4.84 Å². The zero-order chi connectivity index (χ0) is 19.7. The highest BCUT2D eigenvalue weighted by molar-refractivity contribution is 4.93. The number of hydrogen-bond donors (Lipinski definition) is 0. The number of nitrogens with zero attached hydrogens (tertiary/aromatic N) is 4. The first-order valence-electron chi connectivity index (χ1n) is 9.33. The monoisotopic (exact) mass is 388 g/mol. The van der Waals surface area contributed by atoms with Crippen molar-refractivity contribution in [1.29, 1.82) is 0 Å². The van der Waals surface area contributed by atoms with E-state index in [1.807, 2.05) is 0 Å². The molecule has 0 unspecified atom stereocenters. The summed E-state index contributed by atoms with van der Waals surface area (Å²) in [4.78, 5) is 43.7. The van der Waals surface area contributed by atoms with Crippen LogP contribution in [0.2, 0.25) is 0 Å². The molecule has 0 aromatic heterocycles. The minimum absolute atomic E-state index is 0.298. The van der Waals surface area contributed by atoms with Crippen LogP contribution < -0.4 is 0 Å². The lowest BCUT2D eigenvalue weighted by Crippen LogP contribution is -2.59. The maximum Gasteiger partial charge on any atom is 0.569 e. The molecule has 27 heavy (non-hydrogen) atoms. The maximum atomic E-state index is 11.8. The highest BCUT2D eigenvalue weighted by Gasteiger charge is 2.76. The molecule has 0 amide bonds. The zero-order valence-electron chi connectivity index (χ0n) is 15.0. The fraction of sp³-hybridized carbons (Fsp3) is 1.00. The molecule has 3 fully saturated rings. The number of nitro groups is 3. The Morgan fingerprint density at radius 1 is 0.852 bits per heavy atom. The molecule has 12 nitrogen and oxygen atoms in total. The van der Waals surface area contributed by atoms with E-state index in [1.54, 1.807) is 0 Å². The van der Waals surface area contributed by atoms with Crippen molar-refractivity contribution in [1.82, 2.24) is 5.23 Å². The van der Waals surface area contributed by atoms with E-state index in [9.17, 15) is 30.3 Å². The van der Waals surface area contributed by atoms with Crippen molar-refractivity contribution in [3.05, 3.63) is 30.3 Å². The quantitative estimate of drug-likeness (QED) is 0.379. The van der Waals surface area contributed by atoms with Gasteiger partial charge in [0, 0.05) is 4.92 Å². The van der Waals surface area contributed by atoms with Crippen molar-refractivity contribution in [2.75, 3.05) is 6.54 Å². The molecular weight excluding hydrogens is 364 g/mol. The molecule has 152 valence electrons. The molecule has 0 radical (unpaired) electrons. The Bertz CT molecular complexity index is 601. The lowest BCUT2D eigenvalue weighted by atomic mass is 9.81. The molecule has 3 aliphatic rings. The molecule has 2 saturated carbocycles. The zero-order valence-corrected chi connectivity index (χ0v) is 15.0. The van der Waals surface area contributed by atoms with Crippen molar-refractivity contribution in [3.8, 4) is 0 Å². The average Bonchev–Trinajstić information content (AvgIpc) is 2.90. The summed E-state index contributed by atoms with van der Waals surface area (Å²) < 4.78 is 0. The van der Waals surface area contributed by atoms with Gasteiger partial charge in [0.05, 0.1) is 5.23 Å². The minimum Gasteiger partial charge on any atom is -0.264 e. The summed E-state index contributed by atoms with van der Waals surface area (Å²) in [6.45, 7) is -0.578. The van der Waals surface area contributed by atoms with Gasteiger partial charge in [-0.15, -0.1) is 0 Å². The normalized spacial score (nSPS) is 26.7. The Balaban J connectivity index is 1.94. The van der Waals surface area contributed by atoms with E-state index >= 15 is 0 Å². The molecule has 12 heteroatoms. The van der Waals surface area contributed by atoms with Gasteiger partial charge in [-0.2, -0.15) is 0 Å². The van der Waals surface area contributed by atoms with Gasteiger partial charge in [0.15, 0.2) is 5.60 Å². The lowest BCUT2D eigenvalue weighted by Gasteiger charge is -2.36. The summed E-state index contributed by atoms with van der Waals surface area (Å²) >= 11 is 0. The van der Waals surface area contributed by atoms with Crippen LogP contribution in [0.5, 0.6) is 0 Å². The highest BCUT2D eigenvalue weighted by Crippen LogP contribution is 2.49. The number of hydrogen-bond acceptors (Lipinski definition) is 9. The van der Waals surface area contributed by atoms with E-state index in [0.717, 1.165) is 25.7 Å². The fourth-order valence-electron chi connectivity index (χ4n) is 4.55. The van der Waals surface area contributed by atoms with E-state index in [2.05, 4.69) is 0 Å². The van der Waals surface area contributed by atoms with Crippen molar-refractivity contribution in [2.24, 2.45) is 0 Å². The third kappa shape index (κ3) is 3.60. The van der Waals surface area contributed by atoms with Gasteiger partial charge >= 0.3 is 5.79 Å². The Kier molecular flexibility index (Phi) is 5.32. The van der Waals surface area contributed by atoms with Crippen LogP contribution in [0.3, 0.4) is 0 Å². The number of rotatable bonds is 6. The Labute approximate surface area is 155 Å². The van der Waals surface area contributed by atoms with Gasteiger partial charge in [0.1, 0.15) is 21.9 Å². The van der Waals surface area contributed by atoms with Crippen LogP contribution >= 0.6 is 0 Å². The smallest absolute Gasteiger partial charge is 0.264 e. The van der Waals surface area contributed by atoms with Gasteiger partial charge in [-0.05, 0) is 25.7 Å². The SMILES string of the molecule is O=[N+]([O-])CC1(ON2OC3(CCCCC3)CC2([N+](=O)[O-])[N+](=O)[O-])CCCCC1. The molecule has 0 aromatic carbocycles. The van der Waals surface area contributed by atoms with Crippen LogP contribution in [0.25, 0.3) is 0 Å². The maximum absolute atomic E-state index is 11.8. The third-order valence-corrected chi connectivity index (χ3v) is 5.94. The average molecular weight is 388 g/mol. The molecule has 0 atom stereocenters. The predicted molar refractivity (Wildman–Crippen MR) is 88.8 cm³/mol. The van der Waals surface area contributed by atoms with Gasteiger partial charge in [0.25, 0.3) is 0 Å². The molecule has 1 spiro atoms. The van der Waals surface area contributed by atoms with Gasteiger partial charge in [0.2, 0.25) is 6.54 Å². The first-order chi connectivity index (χ1) is 12.7. The molecule has 1 heterocycles. The minimum atomic E-state index is -2.79. The van der Waals surface area contributed by atoms with Gasteiger partial charge in [-0.3, -0.25) is 35.2 Å². The molecule has 0 bridgehead atoms. The largest absolute Gasteiger partial charge is 0.569 e. The summed E-state index contributed by atoms with van der Waals surface area (Å²) in [5, 5.41) is 35.2. The summed E-state index contributed by atoms with van der Waals surface area (Å²) in [6, 6.07) is 0. The summed E-state index contributed by atoms with van der Waals surface area (Å²) in [5.74, 6) is -2.79. The first kappa shape index (κ1) is 19.8. The van der Waals surface area contributed by atoms with E-state index < -0.39 is 44.7 Å². The van der Waals surface area contributed by atoms with Gasteiger partial charge < -0.3 is 0 Å². The molecule has 1 aliphatic heterocycles. The summed E-state index contributed by atoms with van der Waals surface area (Å²) in [5.41, 5.74) is -2.37. The second kappa shape index (κ2) is 7.24. The summed E-state index contributed by atoms with van der Waals surface area (Å²) in [6.07, 6.45) is 5.67. The predicted octanol–water partition coefficient (Wildman–Crippen LogP) is 2.45. The lowest BCUT2D eigenvalue weighted by molar-refractivity contribution is -0.854. The molecular formula is C15H24N4O8. The van der Waals surface area contributed by atoms with Crippen LogP contribution in [-0.2, 0) is 9.68 Å². The number of hydroxylamine groups is 2. The van der Waals surface area contributed by atoms with Crippen molar-refractivity contribution >= 4 is 0 Å². The first-order valence-corrected chi connectivity index (χ1v) is 9.33. The van der Waals surface area contributed by atoms with Gasteiger partial charge in [-0.1, -0.05) is 38.5 Å². The van der Waals surface area contributed by atoms with E-state index in [4.69, 9.17) is 9.68 Å². The van der Waals surface area contributed by atoms with Crippen molar-refractivity contribution < 1.29 is 24.4 Å². The second-order valence-corrected chi connectivity index (χ2v) is 7.88. The van der Waals surface area contributed by atoms with E-state index in [-0.39, 0.29) is 0 Å². The summed E-state index contributed by atoms with van der Waals surface area (Å²) in [7, 11) is 0. The topological polar surface area (TPSA) is 151 Å². The standard InChI is InChI=1S/C15H24N4O8/c20-16(21)12-14(9-5-2-6-10-14)27-19-15(17(22)23,18(24)25)11-13(26-19)7-3-1-4-8-13/h1-12H2. The van der Waals surface area contributed by atoms with Crippen LogP contribution in [0.4, 0.5) is 0 Å².